The lowest BCUT2D eigenvalue weighted by Crippen LogP contribution is -2.04. The predicted molar refractivity (Wildman–Crippen MR) is 88.9 cm³/mol. The van der Waals surface area contributed by atoms with Gasteiger partial charge in [0.15, 0.2) is 0 Å². The molecule has 1 saturated carbocycles. The molecule has 0 aliphatic heterocycles. The van der Waals surface area contributed by atoms with Gasteiger partial charge in [-0.3, -0.25) is 4.79 Å². The molecule has 1 fully saturated rings. The lowest BCUT2D eigenvalue weighted by atomic mass is 10.0. The summed E-state index contributed by atoms with van der Waals surface area (Å²) < 4.78 is 40.2. The molecule has 26 heavy (non-hydrogen) atoms. The van der Waals surface area contributed by atoms with E-state index in [-0.39, 0.29) is 5.92 Å². The van der Waals surface area contributed by atoms with Crippen LogP contribution in [0.3, 0.4) is 0 Å². The van der Waals surface area contributed by atoms with Crippen LogP contribution >= 0.6 is 0 Å². The van der Waals surface area contributed by atoms with Crippen LogP contribution in [0, 0.1) is 12.8 Å². The highest BCUT2D eigenvalue weighted by atomic mass is 19.4. The molecule has 0 bridgehead atoms. The molecule has 2 heterocycles. The molecule has 0 amide bonds. The number of rotatable bonds is 3. The van der Waals surface area contributed by atoms with Gasteiger partial charge < -0.3 is 9.51 Å². The van der Waals surface area contributed by atoms with E-state index in [9.17, 15) is 23.1 Å². The fourth-order valence-corrected chi connectivity index (χ4v) is 3.37. The Morgan fingerprint density at radius 3 is 2.50 bits per heavy atom. The van der Waals surface area contributed by atoms with E-state index in [1.807, 2.05) is 23.6 Å². The highest BCUT2D eigenvalue weighted by Gasteiger charge is 2.45. The molecule has 1 aromatic carbocycles. The zero-order valence-corrected chi connectivity index (χ0v) is 13.8. The zero-order valence-electron chi connectivity index (χ0n) is 13.8. The van der Waals surface area contributed by atoms with E-state index in [0.29, 0.717) is 12.0 Å². The quantitative estimate of drug-likeness (QED) is 0.747. The zero-order chi connectivity index (χ0) is 18.6. The minimum Gasteiger partial charge on any atom is -0.481 e. The third-order valence-electron chi connectivity index (χ3n) is 4.91. The van der Waals surface area contributed by atoms with Gasteiger partial charge in [0.1, 0.15) is 5.82 Å². The van der Waals surface area contributed by atoms with Crippen molar-refractivity contribution in [3.8, 4) is 11.1 Å². The summed E-state index contributed by atoms with van der Waals surface area (Å²) in [7, 11) is 0. The Bertz CT molecular complexity index is 1010. The Morgan fingerprint density at radius 1 is 1.23 bits per heavy atom. The van der Waals surface area contributed by atoms with Crippen molar-refractivity contribution in [2.24, 2.45) is 5.92 Å². The second-order valence-electron chi connectivity index (χ2n) is 6.61. The van der Waals surface area contributed by atoms with Crippen LogP contribution in [0.1, 0.15) is 29.3 Å². The minimum atomic E-state index is -4.38. The average molecular weight is 360 g/mol. The molecule has 4 nitrogen and oxygen atoms in total. The number of pyridine rings is 1. The van der Waals surface area contributed by atoms with E-state index in [0.717, 1.165) is 34.6 Å². The van der Waals surface area contributed by atoms with Crippen LogP contribution in [0.25, 0.3) is 16.6 Å². The number of fused-ring (bicyclic) bond motifs is 1. The van der Waals surface area contributed by atoms with Gasteiger partial charge in [0, 0.05) is 12.1 Å². The van der Waals surface area contributed by atoms with E-state index in [1.54, 1.807) is 6.20 Å². The van der Waals surface area contributed by atoms with Crippen molar-refractivity contribution in [3.05, 3.63) is 59.7 Å². The summed E-state index contributed by atoms with van der Waals surface area (Å²) in [6.45, 7) is 1.83. The summed E-state index contributed by atoms with van der Waals surface area (Å²) in [4.78, 5) is 15.5. The molecule has 4 rings (SSSR count). The van der Waals surface area contributed by atoms with Gasteiger partial charge in [-0.1, -0.05) is 12.1 Å². The molecule has 2 atom stereocenters. The van der Waals surface area contributed by atoms with Crippen molar-refractivity contribution in [3.63, 3.8) is 0 Å². The van der Waals surface area contributed by atoms with Gasteiger partial charge in [-0.25, -0.2) is 4.98 Å². The molecule has 7 heteroatoms. The van der Waals surface area contributed by atoms with Crippen LogP contribution in [0.5, 0.6) is 0 Å². The van der Waals surface area contributed by atoms with Crippen LogP contribution in [0.15, 0.2) is 42.7 Å². The van der Waals surface area contributed by atoms with Crippen molar-refractivity contribution in [1.82, 2.24) is 9.38 Å². The van der Waals surface area contributed by atoms with Crippen LogP contribution in [0.2, 0.25) is 0 Å². The molecule has 0 saturated heterocycles. The molecule has 1 N–H and O–H groups in total. The van der Waals surface area contributed by atoms with Crippen LogP contribution in [-0.2, 0) is 11.0 Å². The van der Waals surface area contributed by atoms with E-state index in [4.69, 9.17) is 0 Å². The van der Waals surface area contributed by atoms with Crippen molar-refractivity contribution in [2.45, 2.75) is 25.4 Å². The number of carbonyl (C=O) groups is 1. The summed E-state index contributed by atoms with van der Waals surface area (Å²) in [5.41, 5.74) is 2.39. The van der Waals surface area contributed by atoms with E-state index >= 15 is 0 Å². The molecular formula is C19H15F3N2O2. The molecule has 2 aromatic heterocycles. The first-order chi connectivity index (χ1) is 12.3. The molecule has 1 aliphatic carbocycles. The summed E-state index contributed by atoms with van der Waals surface area (Å²) in [5, 5.41) is 9.23. The SMILES string of the molecule is Cc1ncc2c([C@@H]3C[C@H]3C(=O)O)cc(-c3ccc(C(F)(F)F)cc3)cn12. The lowest BCUT2D eigenvalue weighted by molar-refractivity contribution is -0.139. The highest BCUT2D eigenvalue weighted by molar-refractivity contribution is 5.78. The van der Waals surface area contributed by atoms with Gasteiger partial charge in [-0.2, -0.15) is 13.2 Å². The number of hydrogen-bond acceptors (Lipinski definition) is 2. The number of carboxylic acids is 1. The minimum absolute atomic E-state index is 0.0968. The van der Waals surface area contributed by atoms with Crippen LogP contribution < -0.4 is 0 Å². The monoisotopic (exact) mass is 360 g/mol. The van der Waals surface area contributed by atoms with Crippen molar-refractivity contribution in [1.29, 1.82) is 0 Å². The smallest absolute Gasteiger partial charge is 0.416 e. The molecular weight excluding hydrogens is 345 g/mol. The maximum atomic E-state index is 12.8. The Hall–Kier alpha value is -2.83. The van der Waals surface area contributed by atoms with Gasteiger partial charge in [0.25, 0.3) is 0 Å². The molecule has 1 aliphatic rings. The number of alkyl halides is 3. The van der Waals surface area contributed by atoms with E-state index < -0.39 is 23.6 Å². The maximum absolute atomic E-state index is 12.8. The van der Waals surface area contributed by atoms with Crippen molar-refractivity contribution >= 4 is 11.5 Å². The fraction of sp³-hybridized carbons (Fsp3) is 0.263. The number of carboxylic acid groups (broad SMARTS) is 1. The number of hydrogen-bond donors (Lipinski definition) is 1. The first kappa shape index (κ1) is 16.6. The number of aromatic nitrogens is 2. The summed E-state index contributed by atoms with van der Waals surface area (Å²) in [6.07, 6.45) is -0.288. The average Bonchev–Trinajstić information content (AvgIpc) is 3.31. The first-order valence-electron chi connectivity index (χ1n) is 8.14. The Labute approximate surface area is 146 Å². The number of nitrogens with zero attached hydrogens (tertiary/aromatic N) is 2. The molecule has 3 aromatic rings. The van der Waals surface area contributed by atoms with Gasteiger partial charge in [0.05, 0.1) is 23.2 Å². The maximum Gasteiger partial charge on any atom is 0.416 e. The summed E-state index contributed by atoms with van der Waals surface area (Å²) >= 11 is 0. The first-order valence-corrected chi connectivity index (χ1v) is 8.14. The number of halogens is 3. The molecule has 0 spiro atoms. The van der Waals surface area contributed by atoms with Crippen LogP contribution in [0.4, 0.5) is 13.2 Å². The predicted octanol–water partition coefficient (Wildman–Crippen LogP) is 4.52. The molecule has 0 unspecified atom stereocenters. The second-order valence-corrected chi connectivity index (χ2v) is 6.61. The Balaban J connectivity index is 1.81. The normalized spacial score (nSPS) is 19.7. The van der Waals surface area contributed by atoms with E-state index in [2.05, 4.69) is 4.98 Å². The number of aryl methyl sites for hydroxylation is 1. The third kappa shape index (κ3) is 2.73. The standard InChI is InChI=1S/C19H15F3N2O2/c1-10-23-8-17-15(14-7-16(14)18(25)26)6-12(9-24(10)17)11-2-4-13(5-3-11)19(20,21)22/h2-6,8-9,14,16H,7H2,1H3,(H,25,26)/t14-,16+/m0/s1. The molecule has 134 valence electrons. The highest BCUT2D eigenvalue weighted by Crippen LogP contribution is 2.49. The van der Waals surface area contributed by atoms with Gasteiger partial charge >= 0.3 is 12.1 Å². The Morgan fingerprint density at radius 2 is 1.92 bits per heavy atom. The second kappa shape index (κ2) is 5.59. The summed E-state index contributed by atoms with van der Waals surface area (Å²) in [6, 6.07) is 6.84. The Kier molecular flexibility index (Phi) is 3.57. The van der Waals surface area contributed by atoms with Gasteiger partial charge in [0.2, 0.25) is 0 Å². The van der Waals surface area contributed by atoms with E-state index in [1.165, 1.54) is 12.1 Å². The van der Waals surface area contributed by atoms with Crippen molar-refractivity contribution < 1.29 is 23.1 Å². The number of benzene rings is 1. The van der Waals surface area contributed by atoms with Crippen molar-refractivity contribution in [2.75, 3.05) is 0 Å². The lowest BCUT2D eigenvalue weighted by Gasteiger charge is -2.11. The number of imidazole rings is 1. The largest absolute Gasteiger partial charge is 0.481 e. The van der Waals surface area contributed by atoms with Crippen LogP contribution in [-0.4, -0.2) is 20.5 Å². The third-order valence-corrected chi connectivity index (χ3v) is 4.91. The van der Waals surface area contributed by atoms with Gasteiger partial charge in [-0.05, 0) is 48.2 Å². The fourth-order valence-electron chi connectivity index (χ4n) is 3.37. The van der Waals surface area contributed by atoms with Gasteiger partial charge in [-0.15, -0.1) is 0 Å². The summed E-state index contributed by atoms with van der Waals surface area (Å²) in [5.74, 6) is -0.607. The topological polar surface area (TPSA) is 54.6 Å². The number of aliphatic carboxylic acids is 1. The molecule has 0 radical (unpaired) electrons.